The van der Waals surface area contributed by atoms with Crippen molar-refractivity contribution in [1.82, 2.24) is 0 Å². The minimum absolute atomic E-state index is 0.116. The van der Waals surface area contributed by atoms with Gasteiger partial charge in [0.05, 0.1) is 12.7 Å². The second kappa shape index (κ2) is 5.19. The monoisotopic (exact) mass is 280 g/mol. The van der Waals surface area contributed by atoms with Gasteiger partial charge in [-0.1, -0.05) is 0 Å². The molecule has 0 unspecified atom stereocenters. The van der Waals surface area contributed by atoms with Gasteiger partial charge in [-0.15, -0.1) is 0 Å². The number of ether oxygens (including phenoxy) is 1. The summed E-state index contributed by atoms with van der Waals surface area (Å²) in [6.45, 7) is 1.40. The van der Waals surface area contributed by atoms with Gasteiger partial charge >= 0.3 is 0 Å². The van der Waals surface area contributed by atoms with Crippen LogP contribution in [0.2, 0.25) is 0 Å². The average Bonchev–Trinajstić information content (AvgIpc) is 2.40. The van der Waals surface area contributed by atoms with E-state index in [-0.39, 0.29) is 22.4 Å². The first-order valence-corrected chi connectivity index (χ1v) is 5.64. The fourth-order valence-electron chi connectivity index (χ4n) is 1.87. The quantitative estimate of drug-likeness (QED) is 0.607. The summed E-state index contributed by atoms with van der Waals surface area (Å²) in [7, 11) is 6.44. The number of benzene rings is 2. The second-order valence-corrected chi connectivity index (χ2v) is 4.24. The highest BCUT2D eigenvalue weighted by Gasteiger charge is 2.21. The van der Waals surface area contributed by atoms with Crippen LogP contribution < -0.4 is 10.2 Å². The van der Waals surface area contributed by atoms with Crippen LogP contribution in [-0.4, -0.2) is 15.0 Å². The Morgan fingerprint density at radius 2 is 1.60 bits per heavy atom. The average molecular weight is 280 g/mol. The molecule has 1 nitrogen and oxygen atoms in total. The maximum Gasteiger partial charge on any atom is 0.134 e. The third kappa shape index (κ3) is 2.26. The number of methoxy groups -OCH3 is 1. The summed E-state index contributed by atoms with van der Waals surface area (Å²) in [5.41, 5.74) is -1.22. The first-order chi connectivity index (χ1) is 9.36. The van der Waals surface area contributed by atoms with E-state index in [2.05, 4.69) is 0 Å². The summed E-state index contributed by atoms with van der Waals surface area (Å²) in [4.78, 5) is 0. The summed E-state index contributed by atoms with van der Waals surface area (Å²) in [5.74, 6) is -4.13. The standard InChI is InChI=1S/C14H9BF4O/c1-6-3-7(9(17)4-8(6)16)12-11(20-2)5-10(18)13(15)14(12)19/h3-5H,1-2H3. The molecule has 0 bridgehead atoms. The predicted octanol–water partition coefficient (Wildman–Crippen LogP) is 3.02. The SMILES string of the molecule is [B]c1c(F)cc(OC)c(-c2cc(C)c(F)cc2F)c1F. The Labute approximate surface area is 114 Å². The predicted molar refractivity (Wildman–Crippen MR) is 68.4 cm³/mol. The molecule has 0 spiro atoms. The molecule has 0 N–H and O–H groups in total. The smallest absolute Gasteiger partial charge is 0.134 e. The molecule has 2 aromatic rings. The van der Waals surface area contributed by atoms with E-state index in [4.69, 9.17) is 12.6 Å². The fourth-order valence-corrected chi connectivity index (χ4v) is 1.87. The van der Waals surface area contributed by atoms with Crippen LogP contribution >= 0.6 is 0 Å². The van der Waals surface area contributed by atoms with Crippen molar-refractivity contribution < 1.29 is 22.3 Å². The van der Waals surface area contributed by atoms with Gasteiger partial charge < -0.3 is 4.74 Å². The van der Waals surface area contributed by atoms with Crippen LogP contribution in [0, 0.1) is 30.2 Å². The number of hydrogen-bond donors (Lipinski definition) is 0. The van der Waals surface area contributed by atoms with Gasteiger partial charge in [0.1, 0.15) is 36.9 Å². The Hall–Kier alpha value is -1.98. The zero-order valence-corrected chi connectivity index (χ0v) is 10.7. The van der Waals surface area contributed by atoms with Crippen LogP contribution in [-0.2, 0) is 0 Å². The van der Waals surface area contributed by atoms with Crippen molar-refractivity contribution in [2.45, 2.75) is 6.92 Å². The van der Waals surface area contributed by atoms with E-state index >= 15 is 0 Å². The molecule has 2 aromatic carbocycles. The van der Waals surface area contributed by atoms with Crippen LogP contribution in [0.25, 0.3) is 11.1 Å². The maximum absolute atomic E-state index is 14.1. The lowest BCUT2D eigenvalue weighted by atomic mass is 9.89. The van der Waals surface area contributed by atoms with Crippen LogP contribution in [0.4, 0.5) is 17.6 Å². The van der Waals surface area contributed by atoms with Gasteiger partial charge in [0, 0.05) is 17.7 Å². The third-order valence-electron chi connectivity index (χ3n) is 2.96. The van der Waals surface area contributed by atoms with Gasteiger partial charge in [-0.25, -0.2) is 17.6 Å². The number of hydrogen-bond acceptors (Lipinski definition) is 1. The summed E-state index contributed by atoms with van der Waals surface area (Å²) >= 11 is 0. The first-order valence-electron chi connectivity index (χ1n) is 5.64. The highest BCUT2D eigenvalue weighted by Crippen LogP contribution is 2.35. The fraction of sp³-hybridized carbons (Fsp3) is 0.143. The van der Waals surface area contributed by atoms with Crippen molar-refractivity contribution >= 4 is 13.3 Å². The van der Waals surface area contributed by atoms with Crippen LogP contribution in [0.15, 0.2) is 18.2 Å². The third-order valence-corrected chi connectivity index (χ3v) is 2.96. The number of halogens is 4. The second-order valence-electron chi connectivity index (χ2n) is 4.24. The topological polar surface area (TPSA) is 9.23 Å². The zero-order valence-electron chi connectivity index (χ0n) is 10.7. The Bertz CT molecular complexity index is 686. The van der Waals surface area contributed by atoms with Crippen molar-refractivity contribution in [3.8, 4) is 16.9 Å². The molecule has 0 saturated heterocycles. The van der Waals surface area contributed by atoms with Gasteiger partial charge in [-0.2, -0.15) is 0 Å². The molecule has 0 aliphatic heterocycles. The van der Waals surface area contributed by atoms with E-state index in [0.717, 1.165) is 12.1 Å². The van der Waals surface area contributed by atoms with E-state index in [9.17, 15) is 17.6 Å². The molecule has 0 aliphatic rings. The lowest BCUT2D eigenvalue weighted by molar-refractivity contribution is 0.409. The first kappa shape index (κ1) is 14.4. The molecule has 102 valence electrons. The number of aryl methyl sites for hydroxylation is 1. The summed E-state index contributed by atoms with van der Waals surface area (Å²) in [6, 6.07) is 2.60. The van der Waals surface area contributed by atoms with E-state index < -0.39 is 28.7 Å². The Morgan fingerprint density at radius 1 is 0.950 bits per heavy atom. The van der Waals surface area contributed by atoms with Crippen molar-refractivity contribution in [1.29, 1.82) is 0 Å². The van der Waals surface area contributed by atoms with Gasteiger partial charge in [0.25, 0.3) is 0 Å². The minimum Gasteiger partial charge on any atom is -0.496 e. The summed E-state index contributed by atoms with van der Waals surface area (Å²) in [5, 5.41) is 0. The van der Waals surface area contributed by atoms with Crippen LogP contribution in [0.5, 0.6) is 5.75 Å². The molecule has 0 amide bonds. The van der Waals surface area contributed by atoms with Crippen molar-refractivity contribution in [2.75, 3.05) is 7.11 Å². The van der Waals surface area contributed by atoms with Gasteiger partial charge in [-0.3, -0.25) is 0 Å². The van der Waals surface area contributed by atoms with E-state index in [1.54, 1.807) is 0 Å². The largest absolute Gasteiger partial charge is 0.496 e. The maximum atomic E-state index is 14.1. The van der Waals surface area contributed by atoms with Crippen molar-refractivity contribution in [3.63, 3.8) is 0 Å². The van der Waals surface area contributed by atoms with Crippen LogP contribution in [0.3, 0.4) is 0 Å². The molecule has 0 fully saturated rings. The Balaban J connectivity index is 2.82. The molecule has 2 radical (unpaired) electrons. The van der Waals surface area contributed by atoms with E-state index in [1.165, 1.54) is 14.0 Å². The molecule has 0 saturated carbocycles. The van der Waals surface area contributed by atoms with Gasteiger partial charge in [0.15, 0.2) is 0 Å². The molecule has 0 aliphatic carbocycles. The Morgan fingerprint density at radius 3 is 2.20 bits per heavy atom. The number of rotatable bonds is 2. The highest BCUT2D eigenvalue weighted by atomic mass is 19.1. The molecular formula is C14H9BF4O. The van der Waals surface area contributed by atoms with Crippen molar-refractivity contribution in [2.24, 2.45) is 0 Å². The van der Waals surface area contributed by atoms with Gasteiger partial charge in [0.2, 0.25) is 0 Å². The van der Waals surface area contributed by atoms with Crippen LogP contribution in [0.1, 0.15) is 5.56 Å². The lowest BCUT2D eigenvalue weighted by Crippen LogP contribution is -2.16. The Kier molecular flexibility index (Phi) is 3.75. The lowest BCUT2D eigenvalue weighted by Gasteiger charge is -2.14. The highest BCUT2D eigenvalue weighted by molar-refractivity contribution is 6.33. The van der Waals surface area contributed by atoms with E-state index in [1.807, 2.05) is 0 Å². The summed E-state index contributed by atoms with van der Waals surface area (Å²) < 4.78 is 59.4. The normalized spacial score (nSPS) is 10.7. The molecule has 20 heavy (non-hydrogen) atoms. The molecule has 0 atom stereocenters. The summed E-state index contributed by atoms with van der Waals surface area (Å²) in [6.07, 6.45) is 0. The molecular weight excluding hydrogens is 271 g/mol. The molecule has 0 aromatic heterocycles. The zero-order chi connectivity index (χ0) is 15.0. The molecule has 2 rings (SSSR count). The van der Waals surface area contributed by atoms with E-state index in [0.29, 0.717) is 6.07 Å². The van der Waals surface area contributed by atoms with Gasteiger partial charge in [-0.05, 0) is 24.0 Å². The molecule has 6 heteroatoms. The van der Waals surface area contributed by atoms with Crippen molar-refractivity contribution in [3.05, 3.63) is 47.0 Å². The molecule has 0 heterocycles. The minimum atomic E-state index is -1.15.